The van der Waals surface area contributed by atoms with Crippen LogP contribution in [0.15, 0.2) is 30.3 Å². The Balaban J connectivity index is 2.20. The van der Waals surface area contributed by atoms with Gasteiger partial charge in [-0.25, -0.2) is 4.79 Å². The summed E-state index contributed by atoms with van der Waals surface area (Å²) < 4.78 is 17.0. The molecule has 1 aromatic rings. The van der Waals surface area contributed by atoms with E-state index in [0.717, 1.165) is 19.3 Å². The van der Waals surface area contributed by atoms with Crippen molar-refractivity contribution in [3.63, 3.8) is 0 Å². The van der Waals surface area contributed by atoms with Gasteiger partial charge >= 0.3 is 11.8 Å². The lowest BCUT2D eigenvalue weighted by molar-refractivity contribution is -0.218. The molecule has 0 radical (unpaired) electrons. The van der Waals surface area contributed by atoms with Crippen LogP contribution in [0.5, 0.6) is 5.75 Å². The van der Waals surface area contributed by atoms with E-state index in [1.807, 2.05) is 25.1 Å². The summed E-state index contributed by atoms with van der Waals surface area (Å²) in [4.78, 5) is 12.2. The van der Waals surface area contributed by atoms with Crippen LogP contribution < -0.4 is 4.74 Å². The molecule has 5 heteroatoms. The molecule has 0 saturated heterocycles. The number of hydrogen-bond acceptors (Lipinski definition) is 4. The molecule has 0 aliphatic rings. The highest BCUT2D eigenvalue weighted by Gasteiger charge is 2.42. The van der Waals surface area contributed by atoms with Crippen LogP contribution >= 0.6 is 0 Å². The van der Waals surface area contributed by atoms with Gasteiger partial charge in [-0.2, -0.15) is 0 Å². The van der Waals surface area contributed by atoms with Gasteiger partial charge in [-0.05, 0) is 25.5 Å². The van der Waals surface area contributed by atoms with Crippen molar-refractivity contribution in [2.24, 2.45) is 0 Å². The van der Waals surface area contributed by atoms with Crippen molar-refractivity contribution in [2.45, 2.75) is 129 Å². The first kappa shape index (κ1) is 31.4. The monoisotopic (exact) mass is 492 g/mol. The second kappa shape index (κ2) is 21.7. The third-order valence-corrected chi connectivity index (χ3v) is 6.48. The van der Waals surface area contributed by atoms with Gasteiger partial charge in [0.1, 0.15) is 5.75 Å². The minimum atomic E-state index is -1.67. The summed E-state index contributed by atoms with van der Waals surface area (Å²) >= 11 is 0. The molecule has 0 heterocycles. The summed E-state index contributed by atoms with van der Waals surface area (Å²) in [6.45, 7) is 5.28. The SMILES string of the molecule is CCCCCCCCCCCCCCCCCCC(OCCOCC)(Oc1ccccc1)C(=O)O. The maximum absolute atomic E-state index is 12.2. The summed E-state index contributed by atoms with van der Waals surface area (Å²) in [6.07, 6.45) is 20.8. The Hall–Kier alpha value is -1.59. The molecule has 202 valence electrons. The van der Waals surface area contributed by atoms with Gasteiger partial charge in [-0.3, -0.25) is 0 Å². The van der Waals surface area contributed by atoms with Crippen LogP contribution in [0, 0.1) is 0 Å². The number of benzene rings is 1. The van der Waals surface area contributed by atoms with Crippen molar-refractivity contribution >= 4 is 5.97 Å². The Kier molecular flexibility index (Phi) is 19.5. The lowest BCUT2D eigenvalue weighted by Gasteiger charge is -2.30. The molecule has 0 aliphatic carbocycles. The highest BCUT2D eigenvalue weighted by molar-refractivity contribution is 5.76. The normalized spacial score (nSPS) is 13.0. The first-order valence-electron chi connectivity index (χ1n) is 14.3. The molecular formula is C30H52O5. The number of carboxylic acid groups (broad SMARTS) is 1. The molecule has 35 heavy (non-hydrogen) atoms. The maximum Gasteiger partial charge on any atom is 0.377 e. The Morgan fingerprint density at radius 3 is 1.66 bits per heavy atom. The van der Waals surface area contributed by atoms with Crippen LogP contribution in [0.25, 0.3) is 0 Å². The number of hydrogen-bond donors (Lipinski definition) is 1. The smallest absolute Gasteiger partial charge is 0.377 e. The van der Waals surface area contributed by atoms with E-state index in [9.17, 15) is 9.90 Å². The van der Waals surface area contributed by atoms with Crippen LogP contribution in [0.3, 0.4) is 0 Å². The molecule has 0 saturated carbocycles. The summed E-state index contributed by atoms with van der Waals surface area (Å²) in [5.74, 6) is -2.25. The number of carbonyl (C=O) groups is 1. The van der Waals surface area contributed by atoms with E-state index in [4.69, 9.17) is 14.2 Å². The van der Waals surface area contributed by atoms with Gasteiger partial charge in [0.25, 0.3) is 0 Å². The Morgan fingerprint density at radius 2 is 1.20 bits per heavy atom. The Morgan fingerprint density at radius 1 is 0.714 bits per heavy atom. The van der Waals surface area contributed by atoms with Crippen LogP contribution in [-0.2, 0) is 14.3 Å². The summed E-state index contributed by atoms with van der Waals surface area (Å²) in [5.41, 5.74) is 0. The average Bonchev–Trinajstić information content (AvgIpc) is 2.86. The van der Waals surface area contributed by atoms with Crippen LogP contribution in [0.1, 0.15) is 123 Å². The van der Waals surface area contributed by atoms with E-state index in [1.54, 1.807) is 12.1 Å². The van der Waals surface area contributed by atoms with Crippen LogP contribution in [0.2, 0.25) is 0 Å². The van der Waals surface area contributed by atoms with Crippen molar-refractivity contribution in [3.8, 4) is 5.75 Å². The van der Waals surface area contributed by atoms with Crippen LogP contribution in [-0.4, -0.2) is 36.7 Å². The second-order valence-corrected chi connectivity index (χ2v) is 9.57. The lowest BCUT2D eigenvalue weighted by Crippen LogP contribution is -2.48. The number of aliphatic carboxylic acids is 1. The van der Waals surface area contributed by atoms with Gasteiger partial charge in [0.15, 0.2) is 0 Å². The number of rotatable bonds is 25. The lowest BCUT2D eigenvalue weighted by atomic mass is 10.0. The van der Waals surface area contributed by atoms with E-state index in [2.05, 4.69) is 6.92 Å². The minimum Gasteiger partial charge on any atom is -0.476 e. The molecule has 1 aromatic carbocycles. The summed E-state index contributed by atoms with van der Waals surface area (Å²) in [5, 5.41) is 9.98. The first-order valence-corrected chi connectivity index (χ1v) is 14.3. The molecular weight excluding hydrogens is 440 g/mol. The van der Waals surface area contributed by atoms with Crippen molar-refractivity contribution in [2.75, 3.05) is 19.8 Å². The fourth-order valence-electron chi connectivity index (χ4n) is 4.36. The zero-order valence-corrected chi connectivity index (χ0v) is 22.6. The Labute approximate surface area is 214 Å². The van der Waals surface area contributed by atoms with Gasteiger partial charge in [-0.1, -0.05) is 121 Å². The van der Waals surface area contributed by atoms with Gasteiger partial charge in [0, 0.05) is 13.0 Å². The van der Waals surface area contributed by atoms with E-state index in [0.29, 0.717) is 25.4 Å². The fourth-order valence-corrected chi connectivity index (χ4v) is 4.36. The standard InChI is InChI=1S/C30H52O5/c1-3-5-6-7-8-9-10-11-12-13-14-15-16-17-18-22-25-30(29(31)32,34-27-26-33-4-2)35-28-23-20-19-21-24-28/h19-21,23-24H,3-18,22,25-27H2,1-2H3,(H,31,32). The van der Waals surface area contributed by atoms with E-state index in [1.165, 1.54) is 83.5 Å². The molecule has 0 aliphatic heterocycles. The topological polar surface area (TPSA) is 65.0 Å². The largest absolute Gasteiger partial charge is 0.476 e. The van der Waals surface area contributed by atoms with Gasteiger partial charge < -0.3 is 19.3 Å². The van der Waals surface area contributed by atoms with Gasteiger partial charge in [-0.15, -0.1) is 0 Å². The number of unbranched alkanes of at least 4 members (excludes halogenated alkanes) is 15. The highest BCUT2D eigenvalue weighted by Crippen LogP contribution is 2.26. The number of para-hydroxylation sites is 1. The molecule has 0 amide bonds. The molecule has 1 rings (SSSR count). The molecule has 1 N–H and O–H groups in total. The third-order valence-electron chi connectivity index (χ3n) is 6.48. The third kappa shape index (κ3) is 15.9. The quantitative estimate of drug-likeness (QED) is 0.109. The molecule has 0 fully saturated rings. The van der Waals surface area contributed by atoms with Crippen molar-refractivity contribution in [1.82, 2.24) is 0 Å². The molecule has 5 nitrogen and oxygen atoms in total. The fraction of sp³-hybridized carbons (Fsp3) is 0.767. The average molecular weight is 493 g/mol. The van der Waals surface area contributed by atoms with Gasteiger partial charge in [0.05, 0.1) is 13.2 Å². The van der Waals surface area contributed by atoms with Crippen molar-refractivity contribution < 1.29 is 24.1 Å². The minimum absolute atomic E-state index is 0.186. The molecule has 1 unspecified atom stereocenters. The zero-order chi connectivity index (χ0) is 25.5. The number of carboxylic acids is 1. The van der Waals surface area contributed by atoms with Crippen molar-refractivity contribution in [3.05, 3.63) is 30.3 Å². The van der Waals surface area contributed by atoms with Gasteiger partial charge in [0.2, 0.25) is 0 Å². The maximum atomic E-state index is 12.2. The summed E-state index contributed by atoms with van der Waals surface area (Å²) in [7, 11) is 0. The molecule has 0 bridgehead atoms. The van der Waals surface area contributed by atoms with E-state index >= 15 is 0 Å². The van der Waals surface area contributed by atoms with E-state index in [-0.39, 0.29) is 6.61 Å². The first-order chi connectivity index (χ1) is 17.1. The predicted octanol–water partition coefficient (Wildman–Crippen LogP) is 8.55. The van der Waals surface area contributed by atoms with Crippen LogP contribution in [0.4, 0.5) is 0 Å². The number of ether oxygens (including phenoxy) is 3. The zero-order valence-electron chi connectivity index (χ0n) is 22.6. The molecule has 0 spiro atoms. The van der Waals surface area contributed by atoms with Crippen molar-refractivity contribution in [1.29, 1.82) is 0 Å². The molecule has 0 aromatic heterocycles. The Bertz CT molecular complexity index is 606. The highest BCUT2D eigenvalue weighted by atomic mass is 16.7. The molecule has 1 atom stereocenters. The second-order valence-electron chi connectivity index (χ2n) is 9.57. The van der Waals surface area contributed by atoms with E-state index < -0.39 is 11.8 Å². The summed E-state index contributed by atoms with van der Waals surface area (Å²) in [6, 6.07) is 9.06. The predicted molar refractivity (Wildman–Crippen MR) is 144 cm³/mol.